The normalized spacial score (nSPS) is 16.7. The van der Waals surface area contributed by atoms with Crippen LogP contribution in [-0.2, 0) is 4.79 Å². The topological polar surface area (TPSA) is 74.0 Å². The molecule has 1 aromatic heterocycles. The number of amides is 2. The molecule has 1 aromatic carbocycles. The predicted octanol–water partition coefficient (Wildman–Crippen LogP) is 1.24. The zero-order valence-corrected chi connectivity index (χ0v) is 12.7. The van der Waals surface area contributed by atoms with Crippen molar-refractivity contribution in [2.45, 2.75) is 13.0 Å². The number of piperazine rings is 1. The first-order valence-corrected chi connectivity index (χ1v) is 7.41. The van der Waals surface area contributed by atoms with Crippen LogP contribution in [0.15, 0.2) is 28.7 Å². The summed E-state index contributed by atoms with van der Waals surface area (Å²) in [5, 5.41) is 9.85. The molecule has 122 valence electrons. The first-order chi connectivity index (χ1) is 11.0. The molecule has 1 aliphatic rings. The number of carbonyl (C=O) groups is 2. The van der Waals surface area contributed by atoms with E-state index in [0.717, 1.165) is 0 Å². The van der Waals surface area contributed by atoms with Gasteiger partial charge in [0.25, 0.3) is 11.8 Å². The number of hydrogen-bond donors (Lipinski definition) is 1. The molecule has 1 aliphatic heterocycles. The van der Waals surface area contributed by atoms with Crippen molar-refractivity contribution >= 4 is 22.8 Å². The molecule has 0 bridgehead atoms. The summed E-state index contributed by atoms with van der Waals surface area (Å²) in [7, 11) is 0. The van der Waals surface area contributed by atoms with Crippen LogP contribution in [-0.4, -0.2) is 59.0 Å². The Kier molecular flexibility index (Phi) is 4.04. The van der Waals surface area contributed by atoms with Gasteiger partial charge in [0.1, 0.15) is 17.5 Å². The lowest BCUT2D eigenvalue weighted by molar-refractivity contribution is -0.140. The molecule has 1 atom stereocenters. The van der Waals surface area contributed by atoms with Crippen molar-refractivity contribution in [3.63, 3.8) is 0 Å². The third-order valence-corrected chi connectivity index (χ3v) is 3.93. The lowest BCUT2D eigenvalue weighted by Gasteiger charge is -2.34. The summed E-state index contributed by atoms with van der Waals surface area (Å²) in [5.74, 6) is -0.856. The SMILES string of the molecule is CC(O)C(=O)N1CCN(C(=O)c2cc3cc(F)ccc3o2)CC1. The van der Waals surface area contributed by atoms with Crippen molar-refractivity contribution in [1.29, 1.82) is 0 Å². The average Bonchev–Trinajstić information content (AvgIpc) is 2.96. The number of aliphatic hydroxyl groups is 1. The maximum atomic E-state index is 13.2. The van der Waals surface area contributed by atoms with E-state index in [1.165, 1.54) is 36.1 Å². The van der Waals surface area contributed by atoms with Crippen molar-refractivity contribution in [2.24, 2.45) is 0 Å². The van der Waals surface area contributed by atoms with Crippen molar-refractivity contribution in [3.05, 3.63) is 35.8 Å². The van der Waals surface area contributed by atoms with E-state index in [9.17, 15) is 19.1 Å². The number of furan rings is 1. The van der Waals surface area contributed by atoms with Gasteiger partial charge in [0.2, 0.25) is 0 Å². The predicted molar refractivity (Wildman–Crippen MR) is 80.3 cm³/mol. The van der Waals surface area contributed by atoms with Crippen LogP contribution in [0.25, 0.3) is 11.0 Å². The molecular formula is C16H17FN2O4. The molecule has 1 N–H and O–H groups in total. The third-order valence-electron chi connectivity index (χ3n) is 3.93. The number of hydrogen-bond acceptors (Lipinski definition) is 4. The van der Waals surface area contributed by atoms with E-state index in [1.54, 1.807) is 4.90 Å². The van der Waals surface area contributed by atoms with Crippen LogP contribution in [0, 0.1) is 5.82 Å². The lowest BCUT2D eigenvalue weighted by atomic mass is 10.2. The van der Waals surface area contributed by atoms with Gasteiger partial charge in [-0.3, -0.25) is 9.59 Å². The molecule has 2 heterocycles. The number of aliphatic hydroxyl groups excluding tert-OH is 1. The molecule has 1 unspecified atom stereocenters. The highest BCUT2D eigenvalue weighted by Gasteiger charge is 2.28. The summed E-state index contributed by atoms with van der Waals surface area (Å²) in [6, 6.07) is 5.60. The minimum absolute atomic E-state index is 0.154. The Morgan fingerprint density at radius 3 is 2.48 bits per heavy atom. The van der Waals surface area contributed by atoms with Crippen LogP contribution in [0.4, 0.5) is 4.39 Å². The van der Waals surface area contributed by atoms with Gasteiger partial charge in [-0.05, 0) is 31.2 Å². The second-order valence-corrected chi connectivity index (χ2v) is 5.59. The van der Waals surface area contributed by atoms with E-state index in [0.29, 0.717) is 37.1 Å². The Hall–Kier alpha value is -2.41. The monoisotopic (exact) mass is 320 g/mol. The summed E-state index contributed by atoms with van der Waals surface area (Å²) in [6.07, 6.45) is -1.04. The second kappa shape index (κ2) is 6.00. The van der Waals surface area contributed by atoms with Gasteiger partial charge in [-0.1, -0.05) is 0 Å². The average molecular weight is 320 g/mol. The van der Waals surface area contributed by atoms with Crippen molar-refractivity contribution in [1.82, 2.24) is 9.80 Å². The Morgan fingerprint density at radius 1 is 1.17 bits per heavy atom. The van der Waals surface area contributed by atoms with Crippen molar-refractivity contribution < 1.29 is 23.5 Å². The Balaban J connectivity index is 1.70. The van der Waals surface area contributed by atoms with E-state index in [4.69, 9.17) is 4.42 Å². The van der Waals surface area contributed by atoms with Crippen LogP contribution in [0.1, 0.15) is 17.5 Å². The standard InChI is InChI=1S/C16H17FN2O4/c1-10(20)15(21)18-4-6-19(7-5-18)16(22)14-9-11-8-12(17)2-3-13(11)23-14/h2-3,8-10,20H,4-7H2,1H3. The Morgan fingerprint density at radius 2 is 1.83 bits per heavy atom. The maximum absolute atomic E-state index is 13.2. The molecular weight excluding hydrogens is 303 g/mol. The molecule has 2 amide bonds. The molecule has 0 radical (unpaired) electrons. The smallest absolute Gasteiger partial charge is 0.289 e. The van der Waals surface area contributed by atoms with E-state index >= 15 is 0 Å². The first kappa shape index (κ1) is 15.5. The largest absolute Gasteiger partial charge is 0.451 e. The molecule has 2 aromatic rings. The Bertz CT molecular complexity index is 748. The van der Waals surface area contributed by atoms with Crippen LogP contribution >= 0.6 is 0 Å². The number of carbonyl (C=O) groups excluding carboxylic acids is 2. The summed E-state index contributed by atoms with van der Waals surface area (Å²) in [4.78, 5) is 27.3. The quantitative estimate of drug-likeness (QED) is 0.903. The summed E-state index contributed by atoms with van der Waals surface area (Å²) in [5.41, 5.74) is 0.456. The highest BCUT2D eigenvalue weighted by molar-refractivity contribution is 5.96. The van der Waals surface area contributed by atoms with Gasteiger partial charge in [-0.15, -0.1) is 0 Å². The van der Waals surface area contributed by atoms with E-state index in [2.05, 4.69) is 0 Å². The minimum atomic E-state index is -1.04. The van der Waals surface area contributed by atoms with E-state index < -0.39 is 6.10 Å². The van der Waals surface area contributed by atoms with Gasteiger partial charge in [-0.2, -0.15) is 0 Å². The second-order valence-electron chi connectivity index (χ2n) is 5.59. The van der Waals surface area contributed by atoms with Crippen molar-refractivity contribution in [3.8, 4) is 0 Å². The first-order valence-electron chi connectivity index (χ1n) is 7.41. The van der Waals surface area contributed by atoms with Crippen LogP contribution in [0.5, 0.6) is 0 Å². The van der Waals surface area contributed by atoms with Crippen LogP contribution in [0.2, 0.25) is 0 Å². The van der Waals surface area contributed by atoms with Gasteiger partial charge >= 0.3 is 0 Å². The fourth-order valence-electron chi connectivity index (χ4n) is 2.67. The molecule has 0 aliphatic carbocycles. The number of fused-ring (bicyclic) bond motifs is 1. The lowest BCUT2D eigenvalue weighted by Crippen LogP contribution is -2.52. The van der Waals surface area contributed by atoms with E-state index in [-0.39, 0.29) is 23.4 Å². The van der Waals surface area contributed by atoms with Gasteiger partial charge in [0.05, 0.1) is 0 Å². The van der Waals surface area contributed by atoms with Gasteiger partial charge in [0.15, 0.2) is 5.76 Å². The number of nitrogens with zero attached hydrogens (tertiary/aromatic N) is 2. The van der Waals surface area contributed by atoms with Gasteiger partial charge in [0, 0.05) is 31.6 Å². The molecule has 3 rings (SSSR count). The summed E-state index contributed by atoms with van der Waals surface area (Å²) >= 11 is 0. The van der Waals surface area contributed by atoms with Gasteiger partial charge in [-0.25, -0.2) is 4.39 Å². The molecule has 1 saturated heterocycles. The minimum Gasteiger partial charge on any atom is -0.451 e. The molecule has 7 heteroatoms. The molecule has 6 nitrogen and oxygen atoms in total. The molecule has 1 fully saturated rings. The van der Waals surface area contributed by atoms with Gasteiger partial charge < -0.3 is 19.3 Å². The number of rotatable bonds is 2. The zero-order chi connectivity index (χ0) is 16.6. The van der Waals surface area contributed by atoms with E-state index in [1.807, 2.05) is 0 Å². The molecule has 23 heavy (non-hydrogen) atoms. The highest BCUT2D eigenvalue weighted by atomic mass is 19.1. The number of benzene rings is 1. The summed E-state index contributed by atoms with van der Waals surface area (Å²) in [6.45, 7) is 2.88. The fraction of sp³-hybridized carbons (Fsp3) is 0.375. The fourth-order valence-corrected chi connectivity index (χ4v) is 2.67. The van der Waals surface area contributed by atoms with Crippen molar-refractivity contribution in [2.75, 3.05) is 26.2 Å². The zero-order valence-electron chi connectivity index (χ0n) is 12.7. The Labute approximate surface area is 132 Å². The highest BCUT2D eigenvalue weighted by Crippen LogP contribution is 2.22. The summed E-state index contributed by atoms with van der Waals surface area (Å²) < 4.78 is 18.7. The third kappa shape index (κ3) is 3.05. The number of halogens is 1. The van der Waals surface area contributed by atoms with Crippen LogP contribution in [0.3, 0.4) is 0 Å². The van der Waals surface area contributed by atoms with Crippen LogP contribution < -0.4 is 0 Å². The molecule has 0 spiro atoms. The molecule has 0 saturated carbocycles. The maximum Gasteiger partial charge on any atom is 0.289 e.